The van der Waals surface area contributed by atoms with E-state index in [0.717, 1.165) is 4.80 Å². The van der Waals surface area contributed by atoms with Crippen LogP contribution in [-0.4, -0.2) is 42.5 Å². The van der Waals surface area contributed by atoms with Gasteiger partial charge < -0.3 is 19.1 Å². The van der Waals surface area contributed by atoms with Crippen LogP contribution < -0.4 is 5.32 Å². The predicted octanol–water partition coefficient (Wildman–Crippen LogP) is 3.66. The Morgan fingerprint density at radius 1 is 1.14 bits per heavy atom. The van der Waals surface area contributed by atoms with Gasteiger partial charge in [0.05, 0.1) is 6.26 Å². The third kappa shape index (κ3) is 6.04. The van der Waals surface area contributed by atoms with E-state index in [1.165, 1.54) is 23.3 Å². The minimum atomic E-state index is -1.09. The van der Waals surface area contributed by atoms with Gasteiger partial charge in [-0.05, 0) is 74.9 Å². The molecule has 0 spiro atoms. The van der Waals surface area contributed by atoms with Gasteiger partial charge in [-0.25, -0.2) is 4.39 Å². The van der Waals surface area contributed by atoms with Crippen LogP contribution >= 0.6 is 0 Å². The summed E-state index contributed by atoms with van der Waals surface area (Å²) in [5.41, 5.74) is 0.0685. The van der Waals surface area contributed by atoms with Gasteiger partial charge in [0.2, 0.25) is 11.7 Å². The number of aryl methyl sites for hydroxylation is 1. The highest BCUT2D eigenvalue weighted by Crippen LogP contribution is 2.26. The average Bonchev–Trinajstić information content (AvgIpc) is 3.56. The summed E-state index contributed by atoms with van der Waals surface area (Å²) in [5.74, 6) is 0.328. The first kappa shape index (κ1) is 24.8. The fourth-order valence-corrected chi connectivity index (χ4v) is 3.59. The summed E-state index contributed by atoms with van der Waals surface area (Å²) in [6, 6.07) is 11.4. The zero-order chi connectivity index (χ0) is 25.9. The van der Waals surface area contributed by atoms with Crippen molar-refractivity contribution in [2.75, 3.05) is 0 Å². The van der Waals surface area contributed by atoms with Crippen molar-refractivity contribution in [3.05, 3.63) is 77.7 Å². The van der Waals surface area contributed by atoms with Gasteiger partial charge in [-0.1, -0.05) is 12.1 Å². The third-order valence-corrected chi connectivity index (χ3v) is 5.15. The maximum absolute atomic E-state index is 13.6. The van der Waals surface area contributed by atoms with E-state index in [2.05, 4.69) is 20.7 Å². The highest BCUT2D eigenvalue weighted by molar-refractivity contribution is 5.88. The molecule has 0 bridgehead atoms. The van der Waals surface area contributed by atoms with Gasteiger partial charge >= 0.3 is 0 Å². The Bertz CT molecular complexity index is 1320. The molecule has 1 unspecified atom stereocenters. The molecule has 2 amide bonds. The van der Waals surface area contributed by atoms with Crippen molar-refractivity contribution in [2.45, 2.75) is 52.4 Å². The average molecular weight is 495 g/mol. The number of furan rings is 2. The number of aromatic nitrogens is 4. The number of tetrazole rings is 1. The summed E-state index contributed by atoms with van der Waals surface area (Å²) in [6.07, 6.45) is 1.43. The number of nitrogens with one attached hydrogen (secondary N) is 1. The number of nitrogens with zero attached hydrogens (tertiary/aromatic N) is 5. The Morgan fingerprint density at radius 2 is 1.89 bits per heavy atom. The highest BCUT2D eigenvalue weighted by Gasteiger charge is 2.35. The number of amides is 2. The first-order valence-electron chi connectivity index (χ1n) is 11.3. The molecule has 0 saturated carbocycles. The van der Waals surface area contributed by atoms with Gasteiger partial charge in [0.25, 0.3) is 5.91 Å². The molecule has 4 rings (SSSR count). The van der Waals surface area contributed by atoms with E-state index in [9.17, 15) is 14.0 Å². The van der Waals surface area contributed by atoms with Gasteiger partial charge in [-0.15, -0.1) is 10.2 Å². The van der Waals surface area contributed by atoms with Crippen molar-refractivity contribution in [3.63, 3.8) is 0 Å². The highest BCUT2D eigenvalue weighted by atomic mass is 19.1. The summed E-state index contributed by atoms with van der Waals surface area (Å²) >= 11 is 0. The molecule has 0 aliphatic carbocycles. The lowest BCUT2D eigenvalue weighted by molar-refractivity contribution is -0.143. The fourth-order valence-electron chi connectivity index (χ4n) is 3.59. The van der Waals surface area contributed by atoms with Gasteiger partial charge in [0.1, 0.15) is 23.9 Å². The first-order chi connectivity index (χ1) is 17.1. The van der Waals surface area contributed by atoms with Crippen LogP contribution in [0.1, 0.15) is 43.9 Å². The molecule has 1 N–H and O–H groups in total. The van der Waals surface area contributed by atoms with Crippen LogP contribution in [0.2, 0.25) is 0 Å². The van der Waals surface area contributed by atoms with Crippen molar-refractivity contribution in [2.24, 2.45) is 0 Å². The van der Waals surface area contributed by atoms with Crippen molar-refractivity contribution >= 4 is 11.8 Å². The second kappa shape index (κ2) is 10.1. The molecule has 188 valence electrons. The molecule has 0 aliphatic rings. The van der Waals surface area contributed by atoms with Crippen LogP contribution in [0.4, 0.5) is 4.39 Å². The van der Waals surface area contributed by atoms with Gasteiger partial charge in [0, 0.05) is 12.1 Å². The SMILES string of the molecule is Cc1ccc(-c2nnn(CC(=O)N(Cc3ccc(F)cc3)C(C(=O)NC(C)(C)C)c3ccco3)n2)o1. The van der Waals surface area contributed by atoms with E-state index in [-0.39, 0.29) is 24.7 Å². The Balaban J connectivity index is 1.66. The second-order valence-electron chi connectivity index (χ2n) is 9.36. The molecule has 0 aliphatic heterocycles. The van der Waals surface area contributed by atoms with Crippen molar-refractivity contribution in [1.29, 1.82) is 0 Å². The van der Waals surface area contributed by atoms with E-state index in [1.54, 1.807) is 43.3 Å². The molecular weight excluding hydrogens is 467 g/mol. The summed E-state index contributed by atoms with van der Waals surface area (Å²) in [4.78, 5) is 29.5. The van der Waals surface area contributed by atoms with E-state index in [1.807, 2.05) is 20.8 Å². The smallest absolute Gasteiger partial charge is 0.251 e. The predicted molar refractivity (Wildman–Crippen MR) is 127 cm³/mol. The molecule has 0 fully saturated rings. The fraction of sp³-hybridized carbons (Fsp3) is 0.320. The summed E-state index contributed by atoms with van der Waals surface area (Å²) in [7, 11) is 0. The molecule has 3 heterocycles. The molecule has 10 nitrogen and oxygen atoms in total. The third-order valence-electron chi connectivity index (χ3n) is 5.15. The number of benzene rings is 1. The largest absolute Gasteiger partial charge is 0.467 e. The quantitative estimate of drug-likeness (QED) is 0.397. The monoisotopic (exact) mass is 494 g/mol. The number of carbonyl (C=O) groups excluding carboxylic acids is 2. The first-order valence-corrected chi connectivity index (χ1v) is 11.3. The number of halogens is 1. The minimum Gasteiger partial charge on any atom is -0.467 e. The Labute approximate surface area is 207 Å². The molecular formula is C25H27FN6O4. The molecule has 36 heavy (non-hydrogen) atoms. The number of hydrogen-bond acceptors (Lipinski definition) is 7. The van der Waals surface area contributed by atoms with Crippen LogP contribution in [0.15, 0.2) is 63.6 Å². The van der Waals surface area contributed by atoms with Crippen molar-refractivity contribution in [1.82, 2.24) is 30.4 Å². The maximum Gasteiger partial charge on any atom is 0.251 e. The lowest BCUT2D eigenvalue weighted by Crippen LogP contribution is -2.49. The van der Waals surface area contributed by atoms with Gasteiger partial charge in [0.15, 0.2) is 11.8 Å². The molecule has 1 aromatic carbocycles. The van der Waals surface area contributed by atoms with Crippen LogP contribution in [0, 0.1) is 12.7 Å². The molecule has 0 radical (unpaired) electrons. The number of carbonyl (C=O) groups is 2. The number of hydrogen-bond donors (Lipinski definition) is 1. The van der Waals surface area contributed by atoms with Crippen molar-refractivity contribution < 1.29 is 22.8 Å². The van der Waals surface area contributed by atoms with Gasteiger partial charge in [-0.2, -0.15) is 4.80 Å². The van der Waals surface area contributed by atoms with E-state index in [4.69, 9.17) is 8.83 Å². The van der Waals surface area contributed by atoms with Crippen molar-refractivity contribution in [3.8, 4) is 11.6 Å². The molecule has 1 atom stereocenters. The van der Waals surface area contributed by atoms with Crippen LogP contribution in [0.5, 0.6) is 0 Å². The normalized spacial score (nSPS) is 12.4. The standard InChI is InChI=1S/C25H27FN6O4/c1-16-7-12-20(36-16)23-28-30-32(29-23)15-21(33)31(14-17-8-10-18(26)11-9-17)22(19-6-5-13-35-19)24(34)27-25(2,3)4/h5-13,22H,14-15H2,1-4H3,(H,27,34). The molecule has 0 saturated heterocycles. The lowest BCUT2D eigenvalue weighted by Gasteiger charge is -2.32. The van der Waals surface area contributed by atoms with E-state index >= 15 is 0 Å². The summed E-state index contributed by atoms with van der Waals surface area (Å²) in [5, 5.41) is 15.1. The molecule has 11 heteroatoms. The van der Waals surface area contributed by atoms with Crippen LogP contribution in [-0.2, 0) is 22.7 Å². The Morgan fingerprint density at radius 3 is 2.50 bits per heavy atom. The second-order valence-corrected chi connectivity index (χ2v) is 9.36. The Hall–Kier alpha value is -4.28. The van der Waals surface area contributed by atoms with E-state index in [0.29, 0.717) is 17.1 Å². The zero-order valence-electron chi connectivity index (χ0n) is 20.4. The maximum atomic E-state index is 13.6. The molecule has 4 aromatic rings. The van der Waals surface area contributed by atoms with Crippen LogP contribution in [0.25, 0.3) is 11.6 Å². The minimum absolute atomic E-state index is 0.0149. The molecule has 3 aromatic heterocycles. The van der Waals surface area contributed by atoms with E-state index < -0.39 is 29.2 Å². The zero-order valence-corrected chi connectivity index (χ0v) is 20.4. The van der Waals surface area contributed by atoms with Gasteiger partial charge in [-0.3, -0.25) is 9.59 Å². The summed E-state index contributed by atoms with van der Waals surface area (Å²) in [6.45, 7) is 7.03. The lowest BCUT2D eigenvalue weighted by atomic mass is 10.1. The number of rotatable bonds is 8. The Kier molecular flexibility index (Phi) is 7.00. The summed E-state index contributed by atoms with van der Waals surface area (Å²) < 4.78 is 24.6. The topological polar surface area (TPSA) is 119 Å². The van der Waals surface area contributed by atoms with Crippen LogP contribution in [0.3, 0.4) is 0 Å².